The van der Waals surface area contributed by atoms with Crippen molar-refractivity contribution in [1.29, 1.82) is 0 Å². The summed E-state index contributed by atoms with van der Waals surface area (Å²) in [7, 11) is 2.16. The van der Waals surface area contributed by atoms with E-state index in [0.29, 0.717) is 19.1 Å². The van der Waals surface area contributed by atoms with E-state index in [9.17, 15) is 4.79 Å². The van der Waals surface area contributed by atoms with E-state index in [2.05, 4.69) is 22.6 Å². The van der Waals surface area contributed by atoms with Gasteiger partial charge in [0.1, 0.15) is 0 Å². The van der Waals surface area contributed by atoms with Crippen LogP contribution in [0, 0.1) is 0 Å². The Balaban J connectivity index is 2.10. The molecule has 4 heteroatoms. The highest BCUT2D eigenvalue weighted by molar-refractivity contribution is 5.77. The molecule has 1 saturated heterocycles. The zero-order valence-corrected chi connectivity index (χ0v) is 9.88. The van der Waals surface area contributed by atoms with Crippen molar-refractivity contribution in [2.75, 3.05) is 33.2 Å². The van der Waals surface area contributed by atoms with Crippen molar-refractivity contribution >= 4 is 5.91 Å². The number of nitrogens with zero attached hydrogens (tertiary/aromatic N) is 1. The lowest BCUT2D eigenvalue weighted by Crippen LogP contribution is -2.45. The molecule has 88 valence electrons. The molecule has 1 unspecified atom stereocenters. The normalized spacial score (nSPS) is 22.7. The summed E-state index contributed by atoms with van der Waals surface area (Å²) < 4.78 is 0. The Labute approximate surface area is 92.4 Å². The van der Waals surface area contributed by atoms with Crippen LogP contribution < -0.4 is 10.6 Å². The second-order valence-corrected chi connectivity index (χ2v) is 4.21. The third kappa shape index (κ3) is 4.62. The molecule has 2 N–H and O–H groups in total. The molecule has 0 bridgehead atoms. The number of nitrogens with one attached hydrogen (secondary N) is 2. The monoisotopic (exact) mass is 213 g/mol. The van der Waals surface area contributed by atoms with E-state index >= 15 is 0 Å². The van der Waals surface area contributed by atoms with Gasteiger partial charge in [-0.15, -0.1) is 0 Å². The van der Waals surface area contributed by atoms with Crippen LogP contribution in [0.15, 0.2) is 0 Å². The number of rotatable bonds is 5. The van der Waals surface area contributed by atoms with Gasteiger partial charge >= 0.3 is 0 Å². The number of piperidine rings is 1. The van der Waals surface area contributed by atoms with Crippen molar-refractivity contribution in [3.63, 3.8) is 0 Å². The quantitative estimate of drug-likeness (QED) is 0.685. The summed E-state index contributed by atoms with van der Waals surface area (Å²) in [6.07, 6.45) is 3.88. The van der Waals surface area contributed by atoms with Crippen LogP contribution in [0.2, 0.25) is 0 Å². The molecule has 0 spiro atoms. The summed E-state index contributed by atoms with van der Waals surface area (Å²) in [6.45, 7) is 5.20. The van der Waals surface area contributed by atoms with Crippen LogP contribution in [-0.2, 0) is 4.79 Å². The molecule has 0 aromatic heterocycles. The van der Waals surface area contributed by atoms with Crippen molar-refractivity contribution in [3.8, 4) is 0 Å². The number of carbonyl (C=O) groups excluding carboxylic acids is 1. The molecule has 1 atom stereocenters. The van der Waals surface area contributed by atoms with Gasteiger partial charge in [-0.3, -0.25) is 4.79 Å². The third-order valence-corrected chi connectivity index (χ3v) is 2.96. The van der Waals surface area contributed by atoms with E-state index in [4.69, 9.17) is 0 Å². The molecular weight excluding hydrogens is 190 g/mol. The fourth-order valence-electron chi connectivity index (χ4n) is 2.01. The average Bonchev–Trinajstić information content (AvgIpc) is 2.21. The molecule has 15 heavy (non-hydrogen) atoms. The van der Waals surface area contributed by atoms with Crippen molar-refractivity contribution in [3.05, 3.63) is 0 Å². The molecule has 1 aliphatic heterocycles. The van der Waals surface area contributed by atoms with Crippen LogP contribution >= 0.6 is 0 Å². The Morgan fingerprint density at radius 2 is 2.27 bits per heavy atom. The molecule has 1 aliphatic rings. The van der Waals surface area contributed by atoms with E-state index in [-0.39, 0.29) is 5.91 Å². The highest BCUT2D eigenvalue weighted by atomic mass is 16.1. The van der Waals surface area contributed by atoms with E-state index in [1.165, 1.54) is 25.8 Å². The second-order valence-electron chi connectivity index (χ2n) is 4.21. The molecule has 1 rings (SSSR count). The van der Waals surface area contributed by atoms with E-state index in [0.717, 1.165) is 6.54 Å². The lowest BCUT2D eigenvalue weighted by Gasteiger charge is -2.32. The van der Waals surface area contributed by atoms with Gasteiger partial charge in [-0.2, -0.15) is 0 Å². The number of hydrogen-bond acceptors (Lipinski definition) is 3. The van der Waals surface area contributed by atoms with E-state index in [1.54, 1.807) is 0 Å². The molecule has 0 aromatic rings. The third-order valence-electron chi connectivity index (χ3n) is 2.96. The van der Waals surface area contributed by atoms with Crippen LogP contribution in [0.5, 0.6) is 0 Å². The Morgan fingerprint density at radius 3 is 2.93 bits per heavy atom. The first-order valence-corrected chi connectivity index (χ1v) is 5.91. The van der Waals surface area contributed by atoms with Crippen LogP contribution in [0.25, 0.3) is 0 Å². The minimum Gasteiger partial charge on any atom is -0.355 e. The SMILES string of the molecule is CCNC(=O)CNCC1CCCCN1C. The zero-order chi connectivity index (χ0) is 11.1. The largest absolute Gasteiger partial charge is 0.355 e. The summed E-state index contributed by atoms with van der Waals surface area (Å²) in [5.41, 5.74) is 0. The van der Waals surface area contributed by atoms with Crippen LogP contribution in [0.4, 0.5) is 0 Å². The summed E-state index contributed by atoms with van der Waals surface area (Å²) >= 11 is 0. The molecule has 1 amide bonds. The Bertz CT molecular complexity index is 196. The minimum atomic E-state index is 0.0935. The van der Waals surface area contributed by atoms with Gasteiger partial charge in [0.15, 0.2) is 0 Å². The topological polar surface area (TPSA) is 44.4 Å². The molecule has 0 aliphatic carbocycles. The standard InChI is InChI=1S/C11H23N3O/c1-3-13-11(15)9-12-8-10-6-4-5-7-14(10)2/h10,12H,3-9H2,1-2H3,(H,13,15). The van der Waals surface area contributed by atoms with Gasteiger partial charge in [0.05, 0.1) is 6.54 Å². The van der Waals surface area contributed by atoms with Crippen LogP contribution in [0.3, 0.4) is 0 Å². The molecule has 0 radical (unpaired) electrons. The predicted octanol–water partition coefficient (Wildman–Crippen LogP) is 0.196. The Kier molecular flexibility index (Phi) is 5.65. The van der Waals surface area contributed by atoms with Crippen molar-refractivity contribution in [2.45, 2.75) is 32.2 Å². The van der Waals surface area contributed by atoms with E-state index < -0.39 is 0 Å². The maximum Gasteiger partial charge on any atom is 0.233 e. The fourth-order valence-corrected chi connectivity index (χ4v) is 2.01. The lowest BCUT2D eigenvalue weighted by molar-refractivity contribution is -0.120. The number of likely N-dealkylation sites (N-methyl/N-ethyl adjacent to an activating group) is 2. The van der Waals surface area contributed by atoms with Gasteiger partial charge in [0.25, 0.3) is 0 Å². The van der Waals surface area contributed by atoms with Gasteiger partial charge in [-0.1, -0.05) is 6.42 Å². The number of amides is 1. The average molecular weight is 213 g/mol. The predicted molar refractivity (Wildman–Crippen MR) is 61.8 cm³/mol. The van der Waals surface area contributed by atoms with Gasteiger partial charge in [-0.05, 0) is 33.4 Å². The van der Waals surface area contributed by atoms with E-state index in [1.807, 2.05) is 6.92 Å². The number of carbonyl (C=O) groups is 1. The van der Waals surface area contributed by atoms with Crippen molar-refractivity contribution in [1.82, 2.24) is 15.5 Å². The smallest absolute Gasteiger partial charge is 0.233 e. The maximum absolute atomic E-state index is 11.2. The van der Waals surface area contributed by atoms with Gasteiger partial charge < -0.3 is 15.5 Å². The van der Waals surface area contributed by atoms with Crippen molar-refractivity contribution < 1.29 is 4.79 Å². The summed E-state index contributed by atoms with van der Waals surface area (Å²) in [6, 6.07) is 0.605. The highest BCUT2D eigenvalue weighted by Gasteiger charge is 2.18. The first kappa shape index (κ1) is 12.5. The summed E-state index contributed by atoms with van der Waals surface area (Å²) in [4.78, 5) is 13.6. The Morgan fingerprint density at radius 1 is 1.47 bits per heavy atom. The molecule has 0 saturated carbocycles. The minimum absolute atomic E-state index is 0.0935. The summed E-state index contributed by atoms with van der Waals surface area (Å²) in [5.74, 6) is 0.0935. The second kappa shape index (κ2) is 6.80. The van der Waals surface area contributed by atoms with Crippen LogP contribution in [-0.4, -0.2) is 50.1 Å². The van der Waals surface area contributed by atoms with Gasteiger partial charge in [0, 0.05) is 19.1 Å². The number of hydrogen-bond donors (Lipinski definition) is 2. The molecule has 1 heterocycles. The highest BCUT2D eigenvalue weighted by Crippen LogP contribution is 2.13. The van der Waals surface area contributed by atoms with Gasteiger partial charge in [-0.25, -0.2) is 0 Å². The van der Waals surface area contributed by atoms with Crippen LogP contribution in [0.1, 0.15) is 26.2 Å². The molecule has 0 aromatic carbocycles. The zero-order valence-electron chi connectivity index (χ0n) is 9.88. The first-order valence-electron chi connectivity index (χ1n) is 5.91. The summed E-state index contributed by atoms with van der Waals surface area (Å²) in [5, 5.41) is 6.00. The molecular formula is C11H23N3O. The van der Waals surface area contributed by atoms with Gasteiger partial charge in [0.2, 0.25) is 5.91 Å². The van der Waals surface area contributed by atoms with Crippen molar-refractivity contribution in [2.24, 2.45) is 0 Å². The molecule has 1 fully saturated rings. The number of likely N-dealkylation sites (tertiary alicyclic amines) is 1. The first-order chi connectivity index (χ1) is 7.24. The molecule has 4 nitrogen and oxygen atoms in total. The lowest BCUT2D eigenvalue weighted by atomic mass is 10.0. The fraction of sp³-hybridized carbons (Fsp3) is 0.909. The maximum atomic E-state index is 11.2. The Hall–Kier alpha value is -0.610.